The minimum atomic E-state index is -4.26. The average molecular weight is 448 g/mol. The number of hydrogen-bond acceptors (Lipinski definition) is 6. The molecule has 0 unspecified atom stereocenters. The van der Waals surface area contributed by atoms with Gasteiger partial charge in [0.05, 0.1) is 10.6 Å². The van der Waals surface area contributed by atoms with Gasteiger partial charge in [-0.3, -0.25) is 14.8 Å². The highest BCUT2D eigenvalue weighted by Gasteiger charge is 2.28. The summed E-state index contributed by atoms with van der Waals surface area (Å²) in [6.45, 7) is 0.751. The lowest BCUT2D eigenvalue weighted by atomic mass is 10.1. The van der Waals surface area contributed by atoms with Crippen LogP contribution in [-0.2, 0) is 23.0 Å². The standard InChI is InChI=1S/C19H18ClN5O4S/c20-13-9-10-17(16(12-13)25(26)27)30(28,29)23-15-7-4-3-6-14(15)19-22-21-18-8-2-1-5-11-24(18)19/h3-4,6-7,9-10,12,23H,1-2,5,8,11H2. The molecule has 156 valence electrons. The molecule has 1 N–H and O–H groups in total. The summed E-state index contributed by atoms with van der Waals surface area (Å²) >= 11 is 5.81. The Hall–Kier alpha value is -2.98. The largest absolute Gasteiger partial charge is 0.311 e. The molecule has 3 aromatic rings. The number of aryl methyl sites for hydroxylation is 1. The Morgan fingerprint density at radius 2 is 1.90 bits per heavy atom. The number of nitro groups is 1. The molecule has 9 nitrogen and oxygen atoms in total. The van der Waals surface area contributed by atoms with E-state index in [-0.39, 0.29) is 10.7 Å². The number of nitro benzene ring substituents is 1. The number of halogens is 1. The van der Waals surface area contributed by atoms with Gasteiger partial charge in [-0.2, -0.15) is 0 Å². The Kier molecular flexibility index (Phi) is 5.44. The molecule has 0 saturated heterocycles. The molecule has 0 fully saturated rings. The second-order valence-electron chi connectivity index (χ2n) is 6.92. The first-order valence-electron chi connectivity index (χ1n) is 9.35. The van der Waals surface area contributed by atoms with Crippen LogP contribution in [0.25, 0.3) is 11.4 Å². The topological polar surface area (TPSA) is 120 Å². The van der Waals surface area contributed by atoms with Crippen molar-refractivity contribution < 1.29 is 13.3 Å². The maximum atomic E-state index is 13.0. The zero-order valence-corrected chi connectivity index (χ0v) is 17.4. The first-order chi connectivity index (χ1) is 14.4. The lowest BCUT2D eigenvalue weighted by Gasteiger charge is -2.14. The number of aromatic nitrogens is 3. The SMILES string of the molecule is O=[N+]([O-])c1cc(Cl)ccc1S(=O)(=O)Nc1ccccc1-c1nnc2n1CCCCC2. The zero-order chi connectivity index (χ0) is 21.3. The van der Waals surface area contributed by atoms with Gasteiger partial charge in [-0.1, -0.05) is 30.2 Å². The quantitative estimate of drug-likeness (QED) is 0.465. The van der Waals surface area contributed by atoms with Crippen LogP contribution in [0.2, 0.25) is 5.02 Å². The predicted octanol–water partition coefficient (Wildman–Crippen LogP) is 4.03. The van der Waals surface area contributed by atoms with Crippen LogP contribution in [0.5, 0.6) is 0 Å². The van der Waals surface area contributed by atoms with Crippen molar-refractivity contribution >= 4 is 33.0 Å². The molecule has 4 rings (SSSR count). The van der Waals surface area contributed by atoms with Crippen molar-refractivity contribution in [1.29, 1.82) is 0 Å². The summed E-state index contributed by atoms with van der Waals surface area (Å²) < 4.78 is 30.5. The van der Waals surface area contributed by atoms with Gasteiger partial charge in [0.1, 0.15) is 5.82 Å². The Morgan fingerprint density at radius 3 is 2.70 bits per heavy atom. The smallest absolute Gasteiger partial charge is 0.291 e. The number of sulfonamides is 1. The lowest BCUT2D eigenvalue weighted by Crippen LogP contribution is -2.16. The van der Waals surface area contributed by atoms with E-state index in [1.54, 1.807) is 24.3 Å². The summed E-state index contributed by atoms with van der Waals surface area (Å²) in [5.41, 5.74) is 0.225. The van der Waals surface area contributed by atoms with Crippen LogP contribution >= 0.6 is 11.6 Å². The van der Waals surface area contributed by atoms with Gasteiger partial charge in [0.15, 0.2) is 10.7 Å². The fourth-order valence-corrected chi connectivity index (χ4v) is 4.91. The molecule has 2 heterocycles. The van der Waals surface area contributed by atoms with Crippen molar-refractivity contribution in [2.45, 2.75) is 37.1 Å². The Morgan fingerprint density at radius 1 is 1.10 bits per heavy atom. The summed E-state index contributed by atoms with van der Waals surface area (Å²) in [6, 6.07) is 10.2. The number of fused-ring (bicyclic) bond motifs is 1. The molecule has 1 aromatic heterocycles. The number of hydrogen-bond donors (Lipinski definition) is 1. The van der Waals surface area contributed by atoms with Crippen LogP contribution in [0.1, 0.15) is 25.1 Å². The normalized spacial score (nSPS) is 14.0. The molecule has 0 spiro atoms. The Bertz CT molecular complexity index is 1230. The number of benzene rings is 2. The summed E-state index contributed by atoms with van der Waals surface area (Å²) in [6.07, 6.45) is 3.94. The van der Waals surface area contributed by atoms with E-state index in [1.165, 1.54) is 6.07 Å². The van der Waals surface area contributed by atoms with Crippen LogP contribution < -0.4 is 4.72 Å². The van der Waals surface area contributed by atoms with E-state index in [2.05, 4.69) is 14.9 Å². The van der Waals surface area contributed by atoms with Crippen molar-refractivity contribution in [3.63, 3.8) is 0 Å². The highest BCUT2D eigenvalue weighted by Crippen LogP contribution is 2.33. The van der Waals surface area contributed by atoms with Gasteiger partial charge in [-0.15, -0.1) is 10.2 Å². The second kappa shape index (κ2) is 8.04. The molecule has 0 bridgehead atoms. The molecule has 1 aliphatic heterocycles. The highest BCUT2D eigenvalue weighted by atomic mass is 35.5. The van der Waals surface area contributed by atoms with Crippen LogP contribution in [-0.4, -0.2) is 28.1 Å². The van der Waals surface area contributed by atoms with Crippen LogP contribution in [0.3, 0.4) is 0 Å². The first-order valence-corrected chi connectivity index (χ1v) is 11.2. The molecule has 0 atom stereocenters. The van der Waals surface area contributed by atoms with Gasteiger partial charge in [0.2, 0.25) is 0 Å². The van der Waals surface area contributed by atoms with Crippen molar-refractivity contribution in [2.75, 3.05) is 4.72 Å². The van der Waals surface area contributed by atoms with Gasteiger partial charge >= 0.3 is 0 Å². The number of anilines is 1. The fraction of sp³-hybridized carbons (Fsp3) is 0.263. The van der Waals surface area contributed by atoms with E-state index in [4.69, 9.17) is 11.6 Å². The summed E-state index contributed by atoms with van der Waals surface area (Å²) in [4.78, 5) is 10.1. The maximum absolute atomic E-state index is 13.0. The minimum absolute atomic E-state index is 0.0761. The lowest BCUT2D eigenvalue weighted by molar-refractivity contribution is -0.387. The van der Waals surface area contributed by atoms with Crippen molar-refractivity contribution in [3.8, 4) is 11.4 Å². The monoisotopic (exact) mass is 447 g/mol. The van der Waals surface area contributed by atoms with Crippen LogP contribution in [0, 0.1) is 10.1 Å². The second-order valence-corrected chi connectivity index (χ2v) is 9.01. The molecule has 1 aliphatic rings. The molecule has 0 radical (unpaired) electrons. The average Bonchev–Trinajstić information content (AvgIpc) is 2.95. The fourth-order valence-electron chi connectivity index (χ4n) is 3.51. The number of nitrogens with zero attached hydrogens (tertiary/aromatic N) is 4. The van der Waals surface area contributed by atoms with Crippen molar-refractivity contribution in [3.05, 3.63) is 63.4 Å². The van der Waals surface area contributed by atoms with Gasteiger partial charge in [0, 0.05) is 29.6 Å². The summed E-state index contributed by atoms with van der Waals surface area (Å²) in [5.74, 6) is 1.43. The molecule has 0 amide bonds. The van der Waals surface area contributed by atoms with Gasteiger partial charge < -0.3 is 4.57 Å². The van der Waals surface area contributed by atoms with E-state index in [1.807, 2.05) is 4.57 Å². The Balaban J connectivity index is 1.76. The number of rotatable bonds is 5. The van der Waals surface area contributed by atoms with Crippen LogP contribution in [0.4, 0.5) is 11.4 Å². The van der Waals surface area contributed by atoms with Crippen molar-refractivity contribution in [2.24, 2.45) is 0 Å². The summed E-state index contributed by atoms with van der Waals surface area (Å²) in [7, 11) is -4.26. The molecule has 2 aromatic carbocycles. The van der Waals surface area contributed by atoms with Gasteiger partial charge in [-0.05, 0) is 37.1 Å². The summed E-state index contributed by atoms with van der Waals surface area (Å²) in [5, 5.41) is 20.0. The van der Waals surface area contributed by atoms with E-state index in [9.17, 15) is 18.5 Å². The molecule has 30 heavy (non-hydrogen) atoms. The molecular formula is C19H18ClN5O4S. The molecule has 11 heteroatoms. The molecular weight excluding hydrogens is 430 g/mol. The third kappa shape index (κ3) is 3.88. The van der Waals surface area contributed by atoms with E-state index in [0.29, 0.717) is 11.4 Å². The van der Waals surface area contributed by atoms with Crippen molar-refractivity contribution in [1.82, 2.24) is 14.8 Å². The highest BCUT2D eigenvalue weighted by molar-refractivity contribution is 7.92. The Labute approximate surface area is 177 Å². The molecule has 0 saturated carbocycles. The third-order valence-electron chi connectivity index (χ3n) is 4.93. The predicted molar refractivity (Wildman–Crippen MR) is 112 cm³/mol. The van der Waals surface area contributed by atoms with Crippen LogP contribution in [0.15, 0.2) is 47.4 Å². The van der Waals surface area contributed by atoms with Gasteiger partial charge in [-0.25, -0.2) is 8.42 Å². The third-order valence-corrected chi connectivity index (χ3v) is 6.58. The number of para-hydroxylation sites is 1. The maximum Gasteiger partial charge on any atom is 0.291 e. The van der Waals surface area contributed by atoms with E-state index < -0.39 is 25.5 Å². The van der Waals surface area contributed by atoms with Gasteiger partial charge in [0.25, 0.3) is 15.7 Å². The van der Waals surface area contributed by atoms with E-state index in [0.717, 1.165) is 50.2 Å². The van der Waals surface area contributed by atoms with E-state index >= 15 is 0 Å². The number of nitrogens with one attached hydrogen (secondary N) is 1. The first kappa shape index (κ1) is 20.3. The minimum Gasteiger partial charge on any atom is -0.311 e. The zero-order valence-electron chi connectivity index (χ0n) is 15.8. The molecule has 0 aliphatic carbocycles.